The molecule has 0 saturated carbocycles. The summed E-state index contributed by atoms with van der Waals surface area (Å²) in [6.07, 6.45) is -0.466. The van der Waals surface area contributed by atoms with Gasteiger partial charge in [0.1, 0.15) is 26.4 Å². The van der Waals surface area contributed by atoms with Crippen molar-refractivity contribution in [3.8, 4) is 32.8 Å². The van der Waals surface area contributed by atoms with Crippen LogP contribution in [0.2, 0.25) is 0 Å². The molecule has 0 N–H and O–H groups in total. The Hall–Kier alpha value is -3.82. The Kier molecular flexibility index (Phi) is 6.55. The molecule has 0 radical (unpaired) electrons. The lowest BCUT2D eigenvalue weighted by atomic mass is 10.0. The van der Waals surface area contributed by atoms with Crippen LogP contribution in [0.15, 0.2) is 54.6 Å². The molecule has 0 saturated heterocycles. The van der Waals surface area contributed by atoms with Crippen LogP contribution in [0.25, 0.3) is 9.75 Å². The second kappa shape index (κ2) is 10.2. The maximum atomic E-state index is 12.7. The fourth-order valence-corrected chi connectivity index (χ4v) is 6.60. The molecule has 0 bridgehead atoms. The van der Waals surface area contributed by atoms with Crippen molar-refractivity contribution in [1.82, 2.24) is 0 Å². The Morgan fingerprint density at radius 1 is 0.763 bits per heavy atom. The Morgan fingerprint density at radius 3 is 2.05 bits per heavy atom. The predicted octanol–water partition coefficient (Wildman–Crippen LogP) is 6.09. The Bertz CT molecular complexity index is 1500. The third kappa shape index (κ3) is 4.52. The average Bonchev–Trinajstić information content (AvgIpc) is 3.47. The maximum absolute atomic E-state index is 12.7. The number of hydrogen-bond acceptors (Lipinski definition) is 9. The molecule has 194 valence electrons. The largest absolute Gasteiger partial charge is 0.485 e. The monoisotopic (exact) mass is 548 g/mol. The second-order valence-electron chi connectivity index (χ2n) is 8.91. The number of esters is 1. The predicted molar refractivity (Wildman–Crippen MR) is 145 cm³/mol. The van der Waals surface area contributed by atoms with Gasteiger partial charge in [-0.1, -0.05) is 42.5 Å². The molecule has 9 heteroatoms. The minimum Gasteiger partial charge on any atom is -0.485 e. The van der Waals surface area contributed by atoms with E-state index in [0.29, 0.717) is 41.4 Å². The number of ketones is 1. The van der Waals surface area contributed by atoms with Crippen molar-refractivity contribution in [2.45, 2.75) is 20.0 Å². The van der Waals surface area contributed by atoms with E-state index >= 15 is 0 Å². The maximum Gasteiger partial charge on any atom is 0.338 e. The number of carbonyl (C=O) groups excluding carboxylic acids is 2. The number of rotatable bonds is 6. The molecule has 2 aliphatic heterocycles. The summed E-state index contributed by atoms with van der Waals surface area (Å²) < 4.78 is 29.6. The molecule has 2 aromatic heterocycles. The third-order valence-corrected chi connectivity index (χ3v) is 8.57. The van der Waals surface area contributed by atoms with Gasteiger partial charge in [-0.25, -0.2) is 4.79 Å². The summed E-state index contributed by atoms with van der Waals surface area (Å²) in [5.74, 6) is 2.29. The summed E-state index contributed by atoms with van der Waals surface area (Å²) >= 11 is 3.19. The zero-order valence-electron chi connectivity index (χ0n) is 20.8. The Morgan fingerprint density at radius 2 is 1.34 bits per heavy atom. The Labute approximate surface area is 227 Å². The van der Waals surface area contributed by atoms with E-state index in [1.807, 2.05) is 32.0 Å². The lowest BCUT2D eigenvalue weighted by Crippen LogP contribution is -2.34. The van der Waals surface area contributed by atoms with Crippen LogP contribution in [0, 0.1) is 13.8 Å². The van der Waals surface area contributed by atoms with Crippen LogP contribution in [-0.2, 0) is 4.74 Å². The van der Waals surface area contributed by atoms with Crippen LogP contribution in [0.3, 0.4) is 0 Å². The van der Waals surface area contributed by atoms with Crippen LogP contribution in [0.5, 0.6) is 23.0 Å². The van der Waals surface area contributed by atoms with E-state index in [2.05, 4.69) is 0 Å². The lowest BCUT2D eigenvalue weighted by molar-refractivity contribution is 0.0114. The van der Waals surface area contributed by atoms with Gasteiger partial charge < -0.3 is 23.7 Å². The first-order valence-electron chi connectivity index (χ1n) is 12.2. The summed E-state index contributed by atoms with van der Waals surface area (Å²) in [4.78, 5) is 29.3. The molecule has 6 rings (SSSR count). The first-order chi connectivity index (χ1) is 18.5. The second-order valence-corrected chi connectivity index (χ2v) is 11.4. The highest BCUT2D eigenvalue weighted by molar-refractivity contribution is 7.23. The molecule has 1 atom stereocenters. The lowest BCUT2D eigenvalue weighted by Gasteiger charge is -2.25. The zero-order chi connectivity index (χ0) is 26.2. The highest BCUT2D eigenvalue weighted by atomic mass is 32.1. The van der Waals surface area contributed by atoms with E-state index in [-0.39, 0.29) is 19.0 Å². The van der Waals surface area contributed by atoms with Crippen LogP contribution < -0.4 is 18.9 Å². The summed E-state index contributed by atoms with van der Waals surface area (Å²) in [6, 6.07) is 15.5. The SMILES string of the molecule is Cc1sc(-c2sc(C)c3c2OC(COC(=O)c2ccc(C(=O)c4ccccc4)cc2)CO3)c2c1OCCO2. The smallest absolute Gasteiger partial charge is 0.338 e. The first kappa shape index (κ1) is 24.5. The molecule has 0 fully saturated rings. The van der Waals surface area contributed by atoms with E-state index in [9.17, 15) is 9.59 Å². The zero-order valence-corrected chi connectivity index (χ0v) is 22.4. The third-order valence-electron chi connectivity index (χ3n) is 6.27. The normalized spacial score (nSPS) is 15.7. The van der Waals surface area contributed by atoms with Crippen molar-refractivity contribution in [3.63, 3.8) is 0 Å². The molecular formula is C29H24O7S2. The molecule has 0 spiro atoms. The molecule has 1 unspecified atom stereocenters. The number of fused-ring (bicyclic) bond motifs is 2. The van der Waals surface area contributed by atoms with E-state index in [4.69, 9.17) is 23.7 Å². The highest BCUT2D eigenvalue weighted by Crippen LogP contribution is 2.57. The number of aryl methyl sites for hydroxylation is 2. The highest BCUT2D eigenvalue weighted by Gasteiger charge is 2.33. The average molecular weight is 549 g/mol. The number of hydrogen-bond donors (Lipinski definition) is 0. The van der Waals surface area contributed by atoms with E-state index in [1.165, 1.54) is 0 Å². The van der Waals surface area contributed by atoms with Gasteiger partial charge in [0.05, 0.1) is 15.3 Å². The van der Waals surface area contributed by atoms with Crippen molar-refractivity contribution in [3.05, 3.63) is 81.0 Å². The van der Waals surface area contributed by atoms with Crippen LogP contribution in [-0.4, -0.2) is 44.3 Å². The molecule has 0 aliphatic carbocycles. The van der Waals surface area contributed by atoms with Gasteiger partial charge in [0.2, 0.25) is 0 Å². The van der Waals surface area contributed by atoms with Crippen molar-refractivity contribution in [2.75, 3.05) is 26.4 Å². The first-order valence-corrected chi connectivity index (χ1v) is 13.8. The molecular weight excluding hydrogens is 524 g/mol. The quantitative estimate of drug-likeness (QED) is 0.213. The fourth-order valence-electron chi connectivity index (χ4n) is 4.40. The number of carbonyl (C=O) groups is 2. The van der Waals surface area contributed by atoms with Crippen molar-refractivity contribution < 1.29 is 33.3 Å². The molecule has 38 heavy (non-hydrogen) atoms. The van der Waals surface area contributed by atoms with Gasteiger partial charge in [0, 0.05) is 20.9 Å². The topological polar surface area (TPSA) is 80.3 Å². The van der Waals surface area contributed by atoms with E-state index in [0.717, 1.165) is 31.0 Å². The standard InChI is InChI=1S/C29H24O7S2/c1-16-23-25(33-13-12-32-23)27(37-16)28-26-24(17(2)38-28)34-14-21(36-26)15-35-29(31)20-10-8-19(9-11-20)22(30)18-6-4-3-5-7-18/h3-11,21H,12-15H2,1-2H3. The van der Waals surface area contributed by atoms with Crippen LogP contribution in [0.1, 0.15) is 36.0 Å². The molecule has 2 aromatic carbocycles. The van der Waals surface area contributed by atoms with E-state index in [1.54, 1.807) is 59.1 Å². The number of thiophene rings is 2. The van der Waals surface area contributed by atoms with Crippen molar-refractivity contribution >= 4 is 34.4 Å². The number of benzene rings is 2. The van der Waals surface area contributed by atoms with Gasteiger partial charge in [-0.3, -0.25) is 4.79 Å². The van der Waals surface area contributed by atoms with Crippen molar-refractivity contribution in [2.24, 2.45) is 0 Å². The Balaban J connectivity index is 1.13. The van der Waals surface area contributed by atoms with Gasteiger partial charge in [-0.2, -0.15) is 0 Å². The molecule has 4 heterocycles. The molecule has 7 nitrogen and oxygen atoms in total. The summed E-state index contributed by atoms with van der Waals surface area (Å²) in [6.45, 7) is 5.33. The van der Waals surface area contributed by atoms with Gasteiger partial charge in [-0.15, -0.1) is 22.7 Å². The van der Waals surface area contributed by atoms with Gasteiger partial charge in [-0.05, 0) is 26.0 Å². The number of ether oxygens (including phenoxy) is 5. The summed E-state index contributed by atoms with van der Waals surface area (Å²) in [5, 5.41) is 0. The van der Waals surface area contributed by atoms with Gasteiger partial charge in [0.15, 0.2) is 34.9 Å². The summed E-state index contributed by atoms with van der Waals surface area (Å²) in [5.41, 5.74) is 1.46. The van der Waals surface area contributed by atoms with E-state index < -0.39 is 12.1 Å². The van der Waals surface area contributed by atoms with Gasteiger partial charge >= 0.3 is 5.97 Å². The molecule has 4 aromatic rings. The summed E-state index contributed by atoms with van der Waals surface area (Å²) in [7, 11) is 0. The molecule has 0 amide bonds. The van der Waals surface area contributed by atoms with Crippen LogP contribution in [0.4, 0.5) is 0 Å². The van der Waals surface area contributed by atoms with Crippen LogP contribution >= 0.6 is 22.7 Å². The van der Waals surface area contributed by atoms with Crippen molar-refractivity contribution in [1.29, 1.82) is 0 Å². The molecule has 2 aliphatic rings. The van der Waals surface area contributed by atoms with Gasteiger partial charge in [0.25, 0.3) is 0 Å². The fraction of sp³-hybridized carbons (Fsp3) is 0.241. The minimum absolute atomic E-state index is 0.0263. The minimum atomic E-state index is -0.492.